The van der Waals surface area contributed by atoms with Crippen molar-refractivity contribution in [1.82, 2.24) is 15.1 Å². The van der Waals surface area contributed by atoms with Crippen molar-refractivity contribution in [2.45, 2.75) is 43.9 Å². The number of aliphatic hydroxyl groups is 1. The van der Waals surface area contributed by atoms with Crippen molar-refractivity contribution in [3.05, 3.63) is 0 Å². The average molecular weight is 297 g/mol. The number of morpholine rings is 1. The van der Waals surface area contributed by atoms with Crippen LogP contribution in [0.5, 0.6) is 0 Å². The fourth-order valence-corrected chi connectivity index (χ4v) is 3.83. The molecule has 6 heteroatoms. The number of aliphatic hydroxyl groups excluding tert-OH is 1. The number of likely N-dealkylation sites (tertiary alicyclic amines) is 1. The molecule has 3 atom stereocenters. The molecule has 0 aromatic carbocycles. The van der Waals surface area contributed by atoms with Gasteiger partial charge in [0.2, 0.25) is 5.91 Å². The number of hydrogen-bond acceptors (Lipinski definition) is 5. The molecule has 2 saturated heterocycles. The van der Waals surface area contributed by atoms with Crippen LogP contribution in [0.1, 0.15) is 25.7 Å². The fourth-order valence-electron chi connectivity index (χ4n) is 3.83. The molecular formula is C15H27N3O3. The maximum absolute atomic E-state index is 12.2. The predicted molar refractivity (Wildman–Crippen MR) is 79.0 cm³/mol. The van der Waals surface area contributed by atoms with Crippen LogP contribution in [0.15, 0.2) is 0 Å². The zero-order chi connectivity index (χ0) is 14.7. The third kappa shape index (κ3) is 3.74. The second-order valence-corrected chi connectivity index (χ2v) is 6.42. The molecule has 2 aliphatic heterocycles. The van der Waals surface area contributed by atoms with Crippen LogP contribution in [0.4, 0.5) is 0 Å². The lowest BCUT2D eigenvalue weighted by molar-refractivity contribution is -0.134. The van der Waals surface area contributed by atoms with Gasteiger partial charge in [-0.25, -0.2) is 0 Å². The number of ether oxygens (including phenoxy) is 1. The van der Waals surface area contributed by atoms with E-state index in [1.807, 2.05) is 4.90 Å². The molecule has 120 valence electrons. The quantitative estimate of drug-likeness (QED) is 0.727. The fraction of sp³-hybridized carbons (Fsp3) is 0.933. The van der Waals surface area contributed by atoms with Crippen molar-refractivity contribution >= 4 is 5.91 Å². The number of amides is 1. The summed E-state index contributed by atoms with van der Waals surface area (Å²) < 4.78 is 5.28. The van der Waals surface area contributed by atoms with E-state index < -0.39 is 0 Å². The molecule has 21 heavy (non-hydrogen) atoms. The minimum Gasteiger partial charge on any atom is -0.392 e. The highest BCUT2D eigenvalue weighted by Gasteiger charge is 2.35. The number of β-amino-alcohol motifs (C(OH)–C–C–N with tert-alkyl or cyclic N) is 1. The summed E-state index contributed by atoms with van der Waals surface area (Å²) in [5, 5.41) is 13.2. The van der Waals surface area contributed by atoms with Crippen molar-refractivity contribution in [2.75, 3.05) is 45.9 Å². The number of nitrogens with zero attached hydrogens (tertiary/aromatic N) is 2. The standard InChI is InChI=1S/C15H27N3O3/c19-12-4-5-18(11-12)14-3-1-2-13(14)16-10-15(20)17-6-8-21-9-7-17/h12-14,16,19H,1-11H2/t12?,13-,14+/m1/s1. The molecule has 0 radical (unpaired) electrons. The van der Waals surface area contributed by atoms with Gasteiger partial charge in [-0.05, 0) is 19.3 Å². The van der Waals surface area contributed by atoms with Gasteiger partial charge in [0, 0.05) is 38.3 Å². The molecule has 0 spiro atoms. The first-order valence-corrected chi connectivity index (χ1v) is 8.25. The van der Waals surface area contributed by atoms with Crippen LogP contribution in [0.3, 0.4) is 0 Å². The van der Waals surface area contributed by atoms with Crippen LogP contribution in [-0.4, -0.2) is 84.9 Å². The predicted octanol–water partition coefficient (Wildman–Crippen LogP) is -0.577. The first-order chi connectivity index (χ1) is 10.2. The number of carbonyl (C=O) groups excluding carboxylic acids is 1. The third-order valence-corrected chi connectivity index (χ3v) is 5.02. The van der Waals surface area contributed by atoms with E-state index >= 15 is 0 Å². The Labute approximate surface area is 126 Å². The van der Waals surface area contributed by atoms with Crippen molar-refractivity contribution in [1.29, 1.82) is 0 Å². The van der Waals surface area contributed by atoms with Gasteiger partial charge in [0.1, 0.15) is 0 Å². The Kier molecular flexibility index (Phi) is 5.11. The van der Waals surface area contributed by atoms with Crippen molar-refractivity contribution in [3.63, 3.8) is 0 Å². The summed E-state index contributed by atoms with van der Waals surface area (Å²) in [5.74, 6) is 0.186. The van der Waals surface area contributed by atoms with Crippen LogP contribution < -0.4 is 5.32 Å². The van der Waals surface area contributed by atoms with Gasteiger partial charge in [-0.1, -0.05) is 6.42 Å². The van der Waals surface area contributed by atoms with E-state index in [9.17, 15) is 9.90 Å². The lowest BCUT2D eigenvalue weighted by Gasteiger charge is -2.31. The van der Waals surface area contributed by atoms with Crippen LogP contribution in [0, 0.1) is 0 Å². The smallest absolute Gasteiger partial charge is 0.236 e. The summed E-state index contributed by atoms with van der Waals surface area (Å²) in [6, 6.07) is 0.875. The molecule has 1 aliphatic carbocycles. The van der Waals surface area contributed by atoms with E-state index in [1.165, 1.54) is 12.8 Å². The molecule has 6 nitrogen and oxygen atoms in total. The second-order valence-electron chi connectivity index (χ2n) is 6.42. The van der Waals surface area contributed by atoms with E-state index in [-0.39, 0.29) is 12.0 Å². The van der Waals surface area contributed by atoms with Gasteiger partial charge in [-0.3, -0.25) is 9.69 Å². The molecule has 0 aromatic rings. The molecular weight excluding hydrogens is 270 g/mol. The summed E-state index contributed by atoms with van der Waals surface area (Å²) in [7, 11) is 0. The maximum Gasteiger partial charge on any atom is 0.236 e. The van der Waals surface area contributed by atoms with E-state index in [1.54, 1.807) is 0 Å². The number of nitrogens with one attached hydrogen (secondary N) is 1. The summed E-state index contributed by atoms with van der Waals surface area (Å²) in [5.41, 5.74) is 0. The van der Waals surface area contributed by atoms with Gasteiger partial charge < -0.3 is 20.1 Å². The van der Waals surface area contributed by atoms with Gasteiger partial charge in [0.05, 0.1) is 25.9 Å². The highest BCUT2D eigenvalue weighted by molar-refractivity contribution is 5.78. The molecule has 0 aromatic heterocycles. The van der Waals surface area contributed by atoms with Gasteiger partial charge in [0.15, 0.2) is 0 Å². The Hall–Kier alpha value is -0.690. The molecule has 2 N–H and O–H groups in total. The van der Waals surface area contributed by atoms with E-state index in [0.29, 0.717) is 44.9 Å². The monoisotopic (exact) mass is 297 g/mol. The van der Waals surface area contributed by atoms with Crippen molar-refractivity contribution in [3.8, 4) is 0 Å². The Balaban J connectivity index is 1.46. The van der Waals surface area contributed by atoms with Gasteiger partial charge in [-0.15, -0.1) is 0 Å². The largest absolute Gasteiger partial charge is 0.392 e. The highest BCUT2D eigenvalue weighted by atomic mass is 16.5. The summed E-state index contributed by atoms with van der Waals surface area (Å²) in [4.78, 5) is 16.5. The van der Waals surface area contributed by atoms with Crippen molar-refractivity contribution < 1.29 is 14.6 Å². The molecule has 1 unspecified atom stereocenters. The topological polar surface area (TPSA) is 65.0 Å². The molecule has 2 heterocycles. The molecule has 3 fully saturated rings. The Bertz CT molecular complexity index is 360. The molecule has 1 amide bonds. The first-order valence-electron chi connectivity index (χ1n) is 8.25. The summed E-state index contributed by atoms with van der Waals surface area (Å²) in [6.45, 7) is 4.95. The second kappa shape index (κ2) is 7.05. The van der Waals surface area contributed by atoms with Gasteiger partial charge >= 0.3 is 0 Å². The molecule has 0 bridgehead atoms. The average Bonchev–Trinajstić information content (AvgIpc) is 3.14. The zero-order valence-electron chi connectivity index (χ0n) is 12.7. The lowest BCUT2D eigenvalue weighted by Crippen LogP contribution is -2.50. The van der Waals surface area contributed by atoms with E-state index in [2.05, 4.69) is 10.2 Å². The van der Waals surface area contributed by atoms with Crippen LogP contribution >= 0.6 is 0 Å². The van der Waals surface area contributed by atoms with Gasteiger partial charge in [-0.2, -0.15) is 0 Å². The SMILES string of the molecule is O=C(CN[C@@H]1CCC[C@@H]1N1CCC(O)C1)N1CCOCC1. The number of rotatable bonds is 4. The number of carbonyl (C=O) groups is 1. The van der Waals surface area contributed by atoms with E-state index in [4.69, 9.17) is 4.74 Å². The lowest BCUT2D eigenvalue weighted by atomic mass is 10.1. The molecule has 3 aliphatic rings. The minimum atomic E-state index is -0.166. The first kappa shape index (κ1) is 15.2. The Morgan fingerprint density at radius 2 is 2.00 bits per heavy atom. The maximum atomic E-state index is 12.2. The molecule has 3 rings (SSSR count). The summed E-state index contributed by atoms with van der Waals surface area (Å²) >= 11 is 0. The number of hydrogen-bond donors (Lipinski definition) is 2. The highest BCUT2D eigenvalue weighted by Crippen LogP contribution is 2.27. The van der Waals surface area contributed by atoms with Crippen molar-refractivity contribution in [2.24, 2.45) is 0 Å². The minimum absolute atomic E-state index is 0.166. The zero-order valence-corrected chi connectivity index (χ0v) is 12.7. The van der Waals surface area contributed by atoms with Gasteiger partial charge in [0.25, 0.3) is 0 Å². The third-order valence-electron chi connectivity index (χ3n) is 5.02. The van der Waals surface area contributed by atoms with Crippen LogP contribution in [0.2, 0.25) is 0 Å². The summed E-state index contributed by atoms with van der Waals surface area (Å²) in [6.07, 6.45) is 4.24. The van der Waals surface area contributed by atoms with E-state index in [0.717, 1.165) is 25.9 Å². The molecule has 1 saturated carbocycles. The Morgan fingerprint density at radius 3 is 2.71 bits per heavy atom. The normalized spacial score (nSPS) is 34.5. The van der Waals surface area contributed by atoms with Crippen LogP contribution in [-0.2, 0) is 9.53 Å². The Morgan fingerprint density at radius 1 is 1.19 bits per heavy atom. The van der Waals surface area contributed by atoms with Crippen LogP contribution in [0.25, 0.3) is 0 Å².